The van der Waals surface area contributed by atoms with Crippen molar-refractivity contribution in [1.29, 1.82) is 0 Å². The molecular weight excluding hydrogens is 252 g/mol. The number of aromatic nitrogens is 2. The fraction of sp³-hybridized carbons (Fsp3) is 0.667. The SMILES string of the molecule is CCNC(=O)CN(CC)Cc1c(C)nn(C)c1Cl. The molecule has 0 fully saturated rings. The number of rotatable bonds is 6. The number of amides is 1. The molecule has 0 aliphatic heterocycles. The Morgan fingerprint density at radius 1 is 1.50 bits per heavy atom. The van der Waals surface area contributed by atoms with E-state index in [0.29, 0.717) is 24.8 Å². The van der Waals surface area contributed by atoms with E-state index in [9.17, 15) is 4.79 Å². The third kappa shape index (κ3) is 3.71. The Balaban J connectivity index is 2.71. The van der Waals surface area contributed by atoms with Crippen molar-refractivity contribution in [3.8, 4) is 0 Å². The summed E-state index contributed by atoms with van der Waals surface area (Å²) in [5, 5.41) is 7.71. The topological polar surface area (TPSA) is 50.2 Å². The summed E-state index contributed by atoms with van der Waals surface area (Å²) in [4.78, 5) is 13.6. The standard InChI is InChI=1S/C12H21ClN4O/c1-5-14-11(18)8-17(6-2)7-10-9(3)15-16(4)12(10)13/h5-8H2,1-4H3,(H,14,18). The molecule has 1 aromatic rings. The summed E-state index contributed by atoms with van der Waals surface area (Å²) in [6, 6.07) is 0. The van der Waals surface area contributed by atoms with Crippen molar-refractivity contribution in [1.82, 2.24) is 20.0 Å². The molecule has 6 heteroatoms. The first-order chi connectivity index (χ1) is 8.49. The average Bonchev–Trinajstić information content (AvgIpc) is 2.55. The highest BCUT2D eigenvalue weighted by Crippen LogP contribution is 2.20. The van der Waals surface area contributed by atoms with E-state index in [4.69, 9.17) is 11.6 Å². The molecule has 1 rings (SSSR count). The molecule has 0 aliphatic carbocycles. The number of hydrogen-bond acceptors (Lipinski definition) is 3. The minimum Gasteiger partial charge on any atom is -0.355 e. The van der Waals surface area contributed by atoms with E-state index in [1.54, 1.807) is 4.68 Å². The number of likely N-dealkylation sites (N-methyl/N-ethyl adjacent to an activating group) is 2. The first-order valence-electron chi connectivity index (χ1n) is 6.16. The zero-order valence-electron chi connectivity index (χ0n) is 11.5. The second kappa shape index (κ2) is 6.75. The molecule has 0 aliphatic rings. The highest BCUT2D eigenvalue weighted by Gasteiger charge is 2.16. The van der Waals surface area contributed by atoms with Crippen molar-refractivity contribution in [2.24, 2.45) is 7.05 Å². The van der Waals surface area contributed by atoms with Crippen LogP contribution in [0.25, 0.3) is 0 Å². The maximum Gasteiger partial charge on any atom is 0.234 e. The van der Waals surface area contributed by atoms with Crippen LogP contribution in [0.1, 0.15) is 25.1 Å². The lowest BCUT2D eigenvalue weighted by Gasteiger charge is -2.19. The number of carbonyl (C=O) groups is 1. The van der Waals surface area contributed by atoms with Crippen LogP contribution in [0.2, 0.25) is 5.15 Å². The normalized spacial score (nSPS) is 11.0. The Morgan fingerprint density at radius 2 is 2.17 bits per heavy atom. The van der Waals surface area contributed by atoms with Crippen LogP contribution in [0.5, 0.6) is 0 Å². The molecule has 5 nitrogen and oxygen atoms in total. The monoisotopic (exact) mass is 272 g/mol. The van der Waals surface area contributed by atoms with Gasteiger partial charge in [0.2, 0.25) is 5.91 Å². The van der Waals surface area contributed by atoms with Gasteiger partial charge in [0.05, 0.1) is 12.2 Å². The molecule has 18 heavy (non-hydrogen) atoms. The second-order valence-electron chi connectivity index (χ2n) is 4.24. The lowest BCUT2D eigenvalue weighted by molar-refractivity contribution is -0.122. The van der Waals surface area contributed by atoms with Gasteiger partial charge in [-0.15, -0.1) is 0 Å². The molecule has 1 N–H and O–H groups in total. The largest absolute Gasteiger partial charge is 0.355 e. The maximum absolute atomic E-state index is 11.6. The lowest BCUT2D eigenvalue weighted by atomic mass is 10.2. The van der Waals surface area contributed by atoms with Crippen LogP contribution in [0.3, 0.4) is 0 Å². The van der Waals surface area contributed by atoms with Gasteiger partial charge >= 0.3 is 0 Å². The van der Waals surface area contributed by atoms with Crippen LogP contribution < -0.4 is 5.32 Å². The third-order valence-corrected chi connectivity index (χ3v) is 3.31. The predicted octanol–water partition coefficient (Wildman–Crippen LogP) is 1.34. The maximum atomic E-state index is 11.6. The molecule has 1 aromatic heterocycles. The molecule has 0 saturated heterocycles. The fourth-order valence-corrected chi connectivity index (χ4v) is 2.05. The highest BCUT2D eigenvalue weighted by atomic mass is 35.5. The molecule has 0 aromatic carbocycles. The van der Waals surface area contributed by atoms with Crippen LogP contribution in [0, 0.1) is 6.92 Å². The Labute approximate surface area is 113 Å². The molecule has 1 amide bonds. The minimum absolute atomic E-state index is 0.0389. The van der Waals surface area contributed by atoms with Crippen molar-refractivity contribution in [2.75, 3.05) is 19.6 Å². The summed E-state index contributed by atoms with van der Waals surface area (Å²) in [6.45, 7) is 8.35. The van der Waals surface area contributed by atoms with Crippen LogP contribution in [0.15, 0.2) is 0 Å². The van der Waals surface area contributed by atoms with Crippen LogP contribution in [0.4, 0.5) is 0 Å². The van der Waals surface area contributed by atoms with Crippen molar-refractivity contribution < 1.29 is 4.79 Å². The van der Waals surface area contributed by atoms with E-state index in [2.05, 4.69) is 10.4 Å². The van der Waals surface area contributed by atoms with Gasteiger partial charge < -0.3 is 5.32 Å². The smallest absolute Gasteiger partial charge is 0.234 e. The van der Waals surface area contributed by atoms with Crippen LogP contribution in [-0.4, -0.2) is 40.2 Å². The third-order valence-electron chi connectivity index (χ3n) is 2.84. The van der Waals surface area contributed by atoms with Gasteiger partial charge in [-0.25, -0.2) is 0 Å². The summed E-state index contributed by atoms with van der Waals surface area (Å²) in [5.74, 6) is 0.0389. The number of carbonyl (C=O) groups excluding carboxylic acids is 1. The fourth-order valence-electron chi connectivity index (χ4n) is 1.81. The summed E-state index contributed by atoms with van der Waals surface area (Å²) >= 11 is 6.19. The van der Waals surface area contributed by atoms with E-state index in [1.165, 1.54) is 0 Å². The number of halogens is 1. The predicted molar refractivity (Wildman–Crippen MR) is 72.6 cm³/mol. The number of nitrogens with one attached hydrogen (secondary N) is 1. The molecule has 0 atom stereocenters. The summed E-state index contributed by atoms with van der Waals surface area (Å²) in [6.07, 6.45) is 0. The van der Waals surface area contributed by atoms with Gasteiger partial charge in [-0.3, -0.25) is 14.4 Å². The number of aryl methyl sites for hydroxylation is 2. The van der Waals surface area contributed by atoms with Gasteiger partial charge in [0.1, 0.15) is 5.15 Å². The molecule has 0 spiro atoms. The van der Waals surface area contributed by atoms with Gasteiger partial charge in [0.25, 0.3) is 0 Å². The van der Waals surface area contributed by atoms with E-state index >= 15 is 0 Å². The van der Waals surface area contributed by atoms with Crippen molar-refractivity contribution in [3.05, 3.63) is 16.4 Å². The lowest BCUT2D eigenvalue weighted by Crippen LogP contribution is -2.36. The molecule has 0 unspecified atom stereocenters. The van der Waals surface area contributed by atoms with Gasteiger partial charge in [-0.05, 0) is 20.4 Å². The zero-order valence-corrected chi connectivity index (χ0v) is 12.2. The second-order valence-corrected chi connectivity index (χ2v) is 4.59. The Kier molecular flexibility index (Phi) is 5.62. The number of hydrogen-bond donors (Lipinski definition) is 1. The first kappa shape index (κ1) is 15.0. The molecule has 0 saturated carbocycles. The Hall–Kier alpha value is -1.07. The first-order valence-corrected chi connectivity index (χ1v) is 6.54. The summed E-state index contributed by atoms with van der Waals surface area (Å²) in [7, 11) is 1.82. The highest BCUT2D eigenvalue weighted by molar-refractivity contribution is 6.30. The van der Waals surface area contributed by atoms with E-state index in [0.717, 1.165) is 17.8 Å². The Morgan fingerprint density at radius 3 is 2.61 bits per heavy atom. The van der Waals surface area contributed by atoms with E-state index in [-0.39, 0.29) is 5.91 Å². The average molecular weight is 273 g/mol. The number of nitrogens with zero attached hydrogens (tertiary/aromatic N) is 3. The van der Waals surface area contributed by atoms with Crippen molar-refractivity contribution >= 4 is 17.5 Å². The van der Waals surface area contributed by atoms with E-state index < -0.39 is 0 Å². The van der Waals surface area contributed by atoms with Crippen LogP contribution >= 0.6 is 11.6 Å². The van der Waals surface area contributed by atoms with Gasteiger partial charge in [0.15, 0.2) is 0 Å². The Bertz CT molecular complexity index is 416. The molecule has 0 bridgehead atoms. The quantitative estimate of drug-likeness (QED) is 0.850. The van der Waals surface area contributed by atoms with Gasteiger partial charge in [0, 0.05) is 25.7 Å². The molecule has 102 valence electrons. The van der Waals surface area contributed by atoms with Gasteiger partial charge in [-0.2, -0.15) is 5.10 Å². The molecule has 1 heterocycles. The van der Waals surface area contributed by atoms with Gasteiger partial charge in [-0.1, -0.05) is 18.5 Å². The molecule has 0 radical (unpaired) electrons. The van der Waals surface area contributed by atoms with Crippen LogP contribution in [-0.2, 0) is 18.4 Å². The summed E-state index contributed by atoms with van der Waals surface area (Å²) in [5.41, 5.74) is 1.90. The van der Waals surface area contributed by atoms with Crippen molar-refractivity contribution in [3.63, 3.8) is 0 Å². The summed E-state index contributed by atoms with van der Waals surface area (Å²) < 4.78 is 1.66. The van der Waals surface area contributed by atoms with Crippen molar-refractivity contribution in [2.45, 2.75) is 27.3 Å². The minimum atomic E-state index is 0.0389. The zero-order chi connectivity index (χ0) is 13.7. The molecular formula is C12H21ClN4O. The van der Waals surface area contributed by atoms with E-state index in [1.807, 2.05) is 32.7 Å².